The van der Waals surface area contributed by atoms with E-state index in [0.717, 1.165) is 4.88 Å². The molecule has 0 saturated carbocycles. The van der Waals surface area contributed by atoms with Crippen LogP contribution < -0.4 is 20.3 Å². The van der Waals surface area contributed by atoms with Gasteiger partial charge in [-0.15, -0.1) is 11.3 Å². The van der Waals surface area contributed by atoms with E-state index >= 15 is 0 Å². The van der Waals surface area contributed by atoms with E-state index in [1.54, 1.807) is 31.4 Å². The number of carbonyl (C=O) groups excluding carboxylic acids is 1. The Morgan fingerprint density at radius 3 is 2.83 bits per heavy atom. The number of aromatic amines is 1. The van der Waals surface area contributed by atoms with Crippen LogP contribution >= 0.6 is 11.3 Å². The molecule has 0 saturated heterocycles. The number of hydrogen-bond donors (Lipinski definition) is 2. The number of ether oxygens (including phenoxy) is 2. The van der Waals surface area contributed by atoms with Crippen molar-refractivity contribution in [3.05, 3.63) is 58.0 Å². The maximum atomic E-state index is 12.6. The number of nitrogens with one attached hydrogen (secondary N) is 2. The van der Waals surface area contributed by atoms with Gasteiger partial charge in [-0.25, -0.2) is 9.61 Å². The number of thiophene rings is 1. The Labute approximate surface area is 168 Å². The molecule has 29 heavy (non-hydrogen) atoms. The van der Waals surface area contributed by atoms with Crippen molar-refractivity contribution >= 4 is 28.4 Å². The Balaban J connectivity index is 1.62. The molecule has 3 heterocycles. The van der Waals surface area contributed by atoms with Crippen LogP contribution in [-0.4, -0.2) is 39.9 Å². The molecule has 0 aliphatic carbocycles. The number of benzene rings is 1. The van der Waals surface area contributed by atoms with Crippen molar-refractivity contribution in [1.29, 1.82) is 0 Å². The molecule has 4 rings (SSSR count). The lowest BCUT2D eigenvalue weighted by molar-refractivity contribution is -0.115. The fraction of sp³-hybridized carbons (Fsp3) is 0.158. The summed E-state index contributed by atoms with van der Waals surface area (Å²) in [7, 11) is 3.06. The van der Waals surface area contributed by atoms with Gasteiger partial charge in [-0.1, -0.05) is 6.07 Å². The minimum Gasteiger partial charge on any atom is -0.497 e. The Kier molecular flexibility index (Phi) is 5.00. The summed E-state index contributed by atoms with van der Waals surface area (Å²) < 4.78 is 11.9. The smallest absolute Gasteiger partial charge is 0.290 e. The average molecular weight is 411 g/mol. The van der Waals surface area contributed by atoms with Gasteiger partial charge in [-0.2, -0.15) is 10.2 Å². The number of amides is 1. The highest BCUT2D eigenvalue weighted by Gasteiger charge is 2.16. The minimum absolute atomic E-state index is 0.0893. The zero-order valence-electron chi connectivity index (χ0n) is 15.6. The number of fused-ring (bicyclic) bond motifs is 1. The molecule has 1 aromatic carbocycles. The van der Waals surface area contributed by atoms with E-state index in [9.17, 15) is 9.59 Å². The van der Waals surface area contributed by atoms with Crippen LogP contribution in [0.25, 0.3) is 16.1 Å². The standard InChI is InChI=1S/C19H17N5O4S/c1-27-11-5-6-12(15(8-11)28-2)20-18(25)10-17-21-22-19(26)14-9-13(23-24(14)17)16-4-3-7-29-16/h3-9H,10H2,1-2H3,(H,20,25)(H,22,26). The van der Waals surface area contributed by atoms with E-state index in [1.807, 2.05) is 17.5 Å². The third-order valence-corrected chi connectivity index (χ3v) is 5.14. The first kappa shape index (κ1) is 18.7. The molecule has 0 unspecified atom stereocenters. The summed E-state index contributed by atoms with van der Waals surface area (Å²) in [5.74, 6) is 1.06. The van der Waals surface area contributed by atoms with E-state index in [4.69, 9.17) is 9.47 Å². The number of hydrogen-bond acceptors (Lipinski definition) is 7. The highest BCUT2D eigenvalue weighted by atomic mass is 32.1. The number of H-pyrrole nitrogens is 1. The first-order chi connectivity index (χ1) is 14.1. The lowest BCUT2D eigenvalue weighted by atomic mass is 10.2. The lowest BCUT2D eigenvalue weighted by Crippen LogP contribution is -2.22. The Hall–Kier alpha value is -3.66. The maximum Gasteiger partial charge on any atom is 0.290 e. The topological polar surface area (TPSA) is 111 Å². The number of aromatic nitrogens is 4. The summed E-state index contributed by atoms with van der Waals surface area (Å²) in [6.07, 6.45) is -0.0893. The number of carbonyl (C=O) groups is 1. The summed E-state index contributed by atoms with van der Waals surface area (Å²) >= 11 is 1.51. The fourth-order valence-electron chi connectivity index (χ4n) is 2.86. The molecule has 0 radical (unpaired) electrons. The largest absolute Gasteiger partial charge is 0.497 e. The van der Waals surface area contributed by atoms with Crippen LogP contribution in [0, 0.1) is 0 Å². The van der Waals surface area contributed by atoms with E-state index in [-0.39, 0.29) is 17.9 Å². The third kappa shape index (κ3) is 3.69. The quantitative estimate of drug-likeness (QED) is 0.504. The molecule has 148 valence electrons. The minimum atomic E-state index is -0.374. The lowest BCUT2D eigenvalue weighted by Gasteiger charge is -2.11. The van der Waals surface area contributed by atoms with Crippen LogP contribution in [0.4, 0.5) is 5.69 Å². The van der Waals surface area contributed by atoms with E-state index in [1.165, 1.54) is 23.0 Å². The molecule has 0 bridgehead atoms. The van der Waals surface area contributed by atoms with Gasteiger partial charge in [-0.3, -0.25) is 9.59 Å². The van der Waals surface area contributed by atoms with E-state index in [0.29, 0.717) is 34.2 Å². The highest BCUT2D eigenvalue weighted by Crippen LogP contribution is 2.29. The van der Waals surface area contributed by atoms with Crippen molar-refractivity contribution < 1.29 is 14.3 Å². The highest BCUT2D eigenvalue weighted by molar-refractivity contribution is 7.13. The molecule has 10 heteroatoms. The second-order valence-electron chi connectivity index (χ2n) is 6.06. The molecule has 0 spiro atoms. The first-order valence-corrected chi connectivity index (χ1v) is 9.50. The monoisotopic (exact) mass is 411 g/mol. The summed E-state index contributed by atoms with van der Waals surface area (Å²) in [6.45, 7) is 0. The van der Waals surface area contributed by atoms with Crippen LogP contribution in [0.5, 0.6) is 11.5 Å². The Morgan fingerprint density at radius 2 is 2.10 bits per heavy atom. The summed E-state index contributed by atoms with van der Waals surface area (Å²) in [6, 6.07) is 10.6. The van der Waals surface area contributed by atoms with E-state index < -0.39 is 0 Å². The second kappa shape index (κ2) is 7.76. The number of rotatable bonds is 6. The SMILES string of the molecule is COc1ccc(NC(=O)Cc2n[nH]c(=O)c3cc(-c4cccs4)nn23)c(OC)c1. The zero-order chi connectivity index (χ0) is 20.4. The number of nitrogens with zero attached hydrogens (tertiary/aromatic N) is 3. The van der Waals surface area contributed by atoms with Crippen LogP contribution in [0.1, 0.15) is 5.82 Å². The van der Waals surface area contributed by atoms with Crippen molar-refractivity contribution in [1.82, 2.24) is 19.8 Å². The van der Waals surface area contributed by atoms with Gasteiger partial charge < -0.3 is 14.8 Å². The maximum absolute atomic E-state index is 12.6. The Bertz CT molecular complexity index is 1230. The molecule has 0 atom stereocenters. The van der Waals surface area contributed by atoms with Gasteiger partial charge in [0.05, 0.1) is 31.2 Å². The zero-order valence-corrected chi connectivity index (χ0v) is 16.4. The molecular weight excluding hydrogens is 394 g/mol. The van der Waals surface area contributed by atoms with Gasteiger partial charge in [0.1, 0.15) is 22.7 Å². The van der Waals surface area contributed by atoms with Crippen molar-refractivity contribution in [2.24, 2.45) is 0 Å². The molecule has 4 aromatic rings. The molecule has 2 N–H and O–H groups in total. The van der Waals surface area contributed by atoms with E-state index in [2.05, 4.69) is 20.6 Å². The van der Waals surface area contributed by atoms with Crippen LogP contribution in [0.15, 0.2) is 46.6 Å². The Morgan fingerprint density at radius 1 is 1.24 bits per heavy atom. The molecule has 3 aromatic heterocycles. The summed E-state index contributed by atoms with van der Waals surface area (Å²) in [4.78, 5) is 25.7. The van der Waals surface area contributed by atoms with Crippen LogP contribution in [-0.2, 0) is 11.2 Å². The van der Waals surface area contributed by atoms with Crippen molar-refractivity contribution in [3.63, 3.8) is 0 Å². The fourth-order valence-corrected chi connectivity index (χ4v) is 3.54. The summed E-state index contributed by atoms with van der Waals surface area (Å²) in [5.41, 5.74) is 1.10. The first-order valence-electron chi connectivity index (χ1n) is 8.62. The predicted octanol–water partition coefficient (Wildman–Crippen LogP) is 2.34. The molecule has 0 aliphatic heterocycles. The predicted molar refractivity (Wildman–Crippen MR) is 109 cm³/mol. The molecule has 0 fully saturated rings. The third-order valence-electron chi connectivity index (χ3n) is 4.25. The van der Waals surface area contributed by atoms with Gasteiger partial charge >= 0.3 is 0 Å². The van der Waals surface area contributed by atoms with Crippen LogP contribution in [0.3, 0.4) is 0 Å². The second-order valence-corrected chi connectivity index (χ2v) is 7.01. The molecule has 1 amide bonds. The van der Waals surface area contributed by atoms with Gasteiger partial charge in [0.2, 0.25) is 5.91 Å². The van der Waals surface area contributed by atoms with Crippen LogP contribution in [0.2, 0.25) is 0 Å². The average Bonchev–Trinajstić information content (AvgIpc) is 3.40. The van der Waals surface area contributed by atoms with Crippen molar-refractivity contribution in [2.45, 2.75) is 6.42 Å². The van der Waals surface area contributed by atoms with Crippen molar-refractivity contribution in [2.75, 3.05) is 19.5 Å². The molecular formula is C19H17N5O4S. The normalized spacial score (nSPS) is 10.8. The summed E-state index contributed by atoms with van der Waals surface area (Å²) in [5, 5.41) is 15.6. The molecule has 0 aliphatic rings. The van der Waals surface area contributed by atoms with Gasteiger partial charge in [0.25, 0.3) is 5.56 Å². The molecule has 9 nitrogen and oxygen atoms in total. The number of anilines is 1. The van der Waals surface area contributed by atoms with Gasteiger partial charge in [-0.05, 0) is 29.6 Å². The van der Waals surface area contributed by atoms with Gasteiger partial charge in [0.15, 0.2) is 5.82 Å². The number of methoxy groups -OCH3 is 2. The van der Waals surface area contributed by atoms with Crippen molar-refractivity contribution in [3.8, 4) is 22.1 Å². The van der Waals surface area contributed by atoms with Gasteiger partial charge in [0, 0.05) is 6.07 Å².